The number of amides is 2. The number of hydrogen-bond donors (Lipinski definition) is 3. The van der Waals surface area contributed by atoms with Gasteiger partial charge in [-0.2, -0.15) is 5.10 Å². The minimum absolute atomic E-state index is 0.208. The van der Waals surface area contributed by atoms with Gasteiger partial charge >= 0.3 is 0 Å². The van der Waals surface area contributed by atoms with Gasteiger partial charge in [-0.05, 0) is 32.0 Å². The predicted molar refractivity (Wildman–Crippen MR) is 88.3 cm³/mol. The first-order chi connectivity index (χ1) is 11.5. The maximum atomic E-state index is 12.0. The molecule has 0 unspecified atom stereocenters. The van der Waals surface area contributed by atoms with Gasteiger partial charge in [0.2, 0.25) is 5.91 Å². The van der Waals surface area contributed by atoms with Crippen molar-refractivity contribution in [3.05, 3.63) is 47.5 Å². The maximum absolute atomic E-state index is 12.0. The highest BCUT2D eigenvalue weighted by Gasteiger charge is 2.17. The zero-order valence-corrected chi connectivity index (χ0v) is 13.4. The molecule has 0 aliphatic carbocycles. The van der Waals surface area contributed by atoms with Crippen molar-refractivity contribution >= 4 is 22.8 Å². The van der Waals surface area contributed by atoms with E-state index in [0.717, 1.165) is 22.6 Å². The van der Waals surface area contributed by atoms with Crippen LogP contribution in [0.4, 0.5) is 0 Å². The molecule has 2 aromatic heterocycles. The van der Waals surface area contributed by atoms with Gasteiger partial charge in [-0.25, -0.2) is 4.98 Å². The molecule has 0 radical (unpaired) electrons. The molecule has 24 heavy (non-hydrogen) atoms. The van der Waals surface area contributed by atoms with Crippen molar-refractivity contribution in [2.24, 2.45) is 5.73 Å². The van der Waals surface area contributed by atoms with Gasteiger partial charge in [0, 0.05) is 0 Å². The molecule has 0 aliphatic heterocycles. The van der Waals surface area contributed by atoms with Crippen molar-refractivity contribution < 1.29 is 9.59 Å². The first-order valence-corrected chi connectivity index (χ1v) is 7.52. The molecule has 1 aromatic carbocycles. The number of aromatic nitrogens is 4. The molecule has 3 aromatic rings. The Hall–Kier alpha value is -3.16. The SMILES string of the molecule is Cc1nc2ccccc2n1Cc1cc(C(=O)N[C@@H](C)C(N)=O)n[nH]1. The first-order valence-electron chi connectivity index (χ1n) is 7.52. The van der Waals surface area contributed by atoms with Crippen LogP contribution in [-0.4, -0.2) is 37.6 Å². The van der Waals surface area contributed by atoms with E-state index in [1.807, 2.05) is 35.8 Å². The Kier molecular flexibility index (Phi) is 4.03. The quantitative estimate of drug-likeness (QED) is 0.640. The van der Waals surface area contributed by atoms with Crippen molar-refractivity contribution in [1.82, 2.24) is 25.1 Å². The summed E-state index contributed by atoms with van der Waals surface area (Å²) in [5.41, 5.74) is 8.04. The fourth-order valence-corrected chi connectivity index (χ4v) is 2.47. The third-order valence-corrected chi connectivity index (χ3v) is 3.81. The Morgan fingerprint density at radius 3 is 2.88 bits per heavy atom. The number of carbonyl (C=O) groups excluding carboxylic acids is 2. The Morgan fingerprint density at radius 1 is 1.38 bits per heavy atom. The van der Waals surface area contributed by atoms with Gasteiger partial charge in [0.15, 0.2) is 0 Å². The number of nitrogens with zero attached hydrogens (tertiary/aromatic N) is 3. The highest BCUT2D eigenvalue weighted by Crippen LogP contribution is 2.17. The molecule has 124 valence electrons. The van der Waals surface area contributed by atoms with Crippen LogP contribution in [0, 0.1) is 6.92 Å². The minimum Gasteiger partial charge on any atom is -0.368 e. The van der Waals surface area contributed by atoms with E-state index >= 15 is 0 Å². The lowest BCUT2D eigenvalue weighted by Crippen LogP contribution is -2.42. The predicted octanol–water partition coefficient (Wildman–Crippen LogP) is 0.720. The van der Waals surface area contributed by atoms with E-state index in [1.54, 1.807) is 6.07 Å². The summed E-state index contributed by atoms with van der Waals surface area (Å²) in [7, 11) is 0. The average Bonchev–Trinajstić information content (AvgIpc) is 3.13. The van der Waals surface area contributed by atoms with Crippen molar-refractivity contribution in [2.75, 3.05) is 0 Å². The lowest BCUT2D eigenvalue weighted by atomic mass is 10.2. The number of aryl methyl sites for hydroxylation is 1. The Bertz CT molecular complexity index is 910. The largest absolute Gasteiger partial charge is 0.368 e. The molecule has 3 rings (SSSR count). The molecule has 8 heteroatoms. The molecule has 2 amide bonds. The summed E-state index contributed by atoms with van der Waals surface area (Å²) in [6, 6.07) is 8.74. The summed E-state index contributed by atoms with van der Waals surface area (Å²) in [5, 5.41) is 9.33. The Balaban J connectivity index is 1.80. The molecule has 0 aliphatic rings. The van der Waals surface area contributed by atoms with Crippen molar-refractivity contribution in [3.63, 3.8) is 0 Å². The normalized spacial score (nSPS) is 12.2. The maximum Gasteiger partial charge on any atom is 0.272 e. The van der Waals surface area contributed by atoms with E-state index in [0.29, 0.717) is 6.54 Å². The minimum atomic E-state index is -0.752. The van der Waals surface area contributed by atoms with Gasteiger partial charge in [0.1, 0.15) is 17.6 Å². The Morgan fingerprint density at radius 2 is 2.12 bits per heavy atom. The second-order valence-electron chi connectivity index (χ2n) is 5.61. The lowest BCUT2D eigenvalue weighted by Gasteiger charge is -2.07. The van der Waals surface area contributed by atoms with Crippen LogP contribution in [-0.2, 0) is 11.3 Å². The number of para-hydroxylation sites is 2. The number of nitrogens with one attached hydrogen (secondary N) is 2. The molecule has 2 heterocycles. The van der Waals surface area contributed by atoms with Gasteiger partial charge < -0.3 is 15.6 Å². The van der Waals surface area contributed by atoms with Gasteiger partial charge in [-0.3, -0.25) is 14.7 Å². The second kappa shape index (κ2) is 6.15. The van der Waals surface area contributed by atoms with Crippen LogP contribution < -0.4 is 11.1 Å². The highest BCUT2D eigenvalue weighted by atomic mass is 16.2. The molecular formula is C16H18N6O2. The van der Waals surface area contributed by atoms with E-state index in [-0.39, 0.29) is 5.69 Å². The number of hydrogen-bond acceptors (Lipinski definition) is 4. The summed E-state index contributed by atoms with van der Waals surface area (Å²) in [5.74, 6) is -0.171. The third-order valence-electron chi connectivity index (χ3n) is 3.81. The number of fused-ring (bicyclic) bond motifs is 1. The third kappa shape index (κ3) is 2.98. The standard InChI is InChI=1S/C16H18N6O2/c1-9(15(17)23)18-16(24)13-7-11(20-21-13)8-22-10(2)19-12-5-3-4-6-14(12)22/h3-7,9H,8H2,1-2H3,(H2,17,23)(H,18,24)(H,20,21)/t9-/m0/s1. The number of imidazole rings is 1. The molecule has 0 fully saturated rings. The van der Waals surface area contributed by atoms with Crippen molar-refractivity contribution in [2.45, 2.75) is 26.4 Å². The molecule has 0 spiro atoms. The summed E-state index contributed by atoms with van der Waals surface area (Å²) in [6.07, 6.45) is 0. The number of nitrogens with two attached hydrogens (primary N) is 1. The molecule has 8 nitrogen and oxygen atoms in total. The Labute approximate surface area is 138 Å². The number of primary amides is 1. The van der Waals surface area contributed by atoms with Crippen molar-refractivity contribution in [3.8, 4) is 0 Å². The molecule has 4 N–H and O–H groups in total. The molecule has 1 atom stereocenters. The summed E-state index contributed by atoms with van der Waals surface area (Å²) in [6.45, 7) is 3.96. The second-order valence-corrected chi connectivity index (χ2v) is 5.61. The van der Waals surface area contributed by atoms with E-state index in [1.165, 1.54) is 6.92 Å². The smallest absolute Gasteiger partial charge is 0.272 e. The lowest BCUT2D eigenvalue weighted by molar-refractivity contribution is -0.119. The van der Waals surface area contributed by atoms with E-state index in [2.05, 4.69) is 20.5 Å². The summed E-state index contributed by atoms with van der Waals surface area (Å²) >= 11 is 0. The van der Waals surface area contributed by atoms with Crippen LogP contribution in [0.1, 0.15) is 28.9 Å². The van der Waals surface area contributed by atoms with E-state index in [4.69, 9.17) is 5.73 Å². The van der Waals surface area contributed by atoms with Crippen LogP contribution in [0.3, 0.4) is 0 Å². The fourth-order valence-electron chi connectivity index (χ4n) is 2.47. The topological polar surface area (TPSA) is 119 Å². The number of benzene rings is 1. The van der Waals surface area contributed by atoms with Gasteiger partial charge in [-0.15, -0.1) is 0 Å². The van der Waals surface area contributed by atoms with Gasteiger partial charge in [-0.1, -0.05) is 12.1 Å². The summed E-state index contributed by atoms with van der Waals surface area (Å²) < 4.78 is 2.04. The van der Waals surface area contributed by atoms with Crippen LogP contribution in [0.25, 0.3) is 11.0 Å². The highest BCUT2D eigenvalue weighted by molar-refractivity contribution is 5.95. The van der Waals surface area contributed by atoms with Crippen LogP contribution in [0.15, 0.2) is 30.3 Å². The van der Waals surface area contributed by atoms with Gasteiger partial charge in [0.05, 0.1) is 23.3 Å². The van der Waals surface area contributed by atoms with Gasteiger partial charge in [0.25, 0.3) is 5.91 Å². The zero-order chi connectivity index (χ0) is 17.3. The summed E-state index contributed by atoms with van der Waals surface area (Å²) in [4.78, 5) is 27.6. The number of carbonyl (C=O) groups is 2. The monoisotopic (exact) mass is 326 g/mol. The molecular weight excluding hydrogens is 308 g/mol. The number of rotatable bonds is 5. The molecule has 0 bridgehead atoms. The molecule has 0 saturated heterocycles. The van der Waals surface area contributed by atoms with Crippen LogP contribution in [0.2, 0.25) is 0 Å². The van der Waals surface area contributed by atoms with E-state index in [9.17, 15) is 9.59 Å². The van der Waals surface area contributed by atoms with Crippen LogP contribution >= 0.6 is 0 Å². The number of H-pyrrole nitrogens is 1. The average molecular weight is 326 g/mol. The van der Waals surface area contributed by atoms with Crippen molar-refractivity contribution in [1.29, 1.82) is 0 Å². The first kappa shape index (κ1) is 15.7. The zero-order valence-electron chi connectivity index (χ0n) is 13.4. The number of aromatic amines is 1. The van der Waals surface area contributed by atoms with E-state index < -0.39 is 17.9 Å². The fraction of sp³-hybridized carbons (Fsp3) is 0.250. The van der Waals surface area contributed by atoms with Crippen LogP contribution in [0.5, 0.6) is 0 Å². The molecule has 0 saturated carbocycles.